The van der Waals surface area contributed by atoms with Crippen LogP contribution in [0.4, 0.5) is 5.69 Å². The molecular formula is C20H31N3O5S. The highest BCUT2D eigenvalue weighted by atomic mass is 32.2. The van der Waals surface area contributed by atoms with Crippen LogP contribution in [0, 0.1) is 0 Å². The molecular weight excluding hydrogens is 394 g/mol. The van der Waals surface area contributed by atoms with Crippen molar-refractivity contribution in [2.75, 3.05) is 56.5 Å². The molecule has 0 aromatic heterocycles. The number of fused-ring (bicyclic) bond motifs is 1. The molecule has 0 saturated carbocycles. The highest BCUT2D eigenvalue weighted by Gasteiger charge is 2.35. The molecule has 2 heterocycles. The number of benzene rings is 1. The monoisotopic (exact) mass is 425 g/mol. The molecule has 2 aliphatic heterocycles. The third-order valence-electron chi connectivity index (χ3n) is 5.22. The van der Waals surface area contributed by atoms with Crippen LogP contribution in [0.2, 0.25) is 0 Å². The summed E-state index contributed by atoms with van der Waals surface area (Å²) >= 11 is 0. The second-order valence-electron chi connectivity index (χ2n) is 8.58. The number of rotatable bonds is 5. The van der Waals surface area contributed by atoms with E-state index in [0.717, 1.165) is 31.5 Å². The van der Waals surface area contributed by atoms with Crippen LogP contribution in [0.15, 0.2) is 18.2 Å². The molecule has 0 bridgehead atoms. The van der Waals surface area contributed by atoms with Crippen molar-refractivity contribution in [3.8, 4) is 5.75 Å². The van der Waals surface area contributed by atoms with Crippen LogP contribution in [-0.2, 0) is 25.0 Å². The van der Waals surface area contributed by atoms with Crippen LogP contribution in [0.1, 0.15) is 26.3 Å². The predicted octanol–water partition coefficient (Wildman–Crippen LogP) is 0.960. The summed E-state index contributed by atoms with van der Waals surface area (Å²) in [6, 6.07) is 5.50. The van der Waals surface area contributed by atoms with Gasteiger partial charge in [0.05, 0.1) is 31.7 Å². The average molecular weight is 426 g/mol. The molecule has 8 nitrogen and oxygen atoms in total. The molecule has 29 heavy (non-hydrogen) atoms. The number of carbonyl (C=O) groups is 1. The van der Waals surface area contributed by atoms with E-state index in [1.54, 1.807) is 6.07 Å². The molecule has 1 saturated heterocycles. The Morgan fingerprint density at radius 3 is 2.55 bits per heavy atom. The van der Waals surface area contributed by atoms with Crippen molar-refractivity contribution >= 4 is 21.6 Å². The summed E-state index contributed by atoms with van der Waals surface area (Å²) in [5.41, 5.74) is 1.35. The van der Waals surface area contributed by atoms with Gasteiger partial charge in [-0.2, -0.15) is 0 Å². The summed E-state index contributed by atoms with van der Waals surface area (Å²) in [4.78, 5) is 14.9. The fourth-order valence-electron chi connectivity index (χ4n) is 3.44. The van der Waals surface area contributed by atoms with E-state index >= 15 is 0 Å². The molecule has 1 aromatic rings. The Hall–Kier alpha value is -1.84. The maximum absolute atomic E-state index is 12.6. The summed E-state index contributed by atoms with van der Waals surface area (Å²) in [6.45, 7) is 10.5. The van der Waals surface area contributed by atoms with Gasteiger partial charge in [0.15, 0.2) is 6.10 Å². The zero-order valence-corrected chi connectivity index (χ0v) is 18.4. The van der Waals surface area contributed by atoms with E-state index < -0.39 is 16.1 Å². The number of ether oxygens (including phenoxy) is 2. The standard InChI is InChI=1S/C20H31N3O5S/c1-20(2,3)15-5-6-17-16(13-15)23(29(4,25)26)14-18(28-17)19(24)21-7-8-22-9-11-27-12-10-22/h5-6,13,18H,7-12,14H2,1-4H3,(H,21,24). The van der Waals surface area contributed by atoms with Gasteiger partial charge in [0.1, 0.15) is 5.75 Å². The number of morpholine rings is 1. The first-order valence-corrected chi connectivity index (χ1v) is 11.8. The molecule has 1 aromatic carbocycles. The van der Waals surface area contributed by atoms with E-state index in [1.165, 1.54) is 4.31 Å². The maximum atomic E-state index is 12.6. The minimum absolute atomic E-state index is 0.0389. The van der Waals surface area contributed by atoms with E-state index in [4.69, 9.17) is 9.47 Å². The van der Waals surface area contributed by atoms with Crippen molar-refractivity contribution in [3.63, 3.8) is 0 Å². The lowest BCUT2D eigenvalue weighted by molar-refractivity contribution is -0.127. The minimum atomic E-state index is -3.55. The van der Waals surface area contributed by atoms with E-state index in [2.05, 4.69) is 31.0 Å². The molecule has 9 heteroatoms. The zero-order chi connectivity index (χ0) is 21.2. The number of nitrogens with one attached hydrogen (secondary N) is 1. The van der Waals surface area contributed by atoms with Crippen molar-refractivity contribution in [1.29, 1.82) is 0 Å². The fourth-order valence-corrected chi connectivity index (χ4v) is 4.35. The van der Waals surface area contributed by atoms with Crippen LogP contribution >= 0.6 is 0 Å². The van der Waals surface area contributed by atoms with Gasteiger partial charge in [0, 0.05) is 26.2 Å². The number of nitrogens with zero attached hydrogens (tertiary/aromatic N) is 2. The van der Waals surface area contributed by atoms with Crippen molar-refractivity contribution in [1.82, 2.24) is 10.2 Å². The van der Waals surface area contributed by atoms with E-state index in [-0.39, 0.29) is 17.9 Å². The summed E-state index contributed by atoms with van der Waals surface area (Å²) < 4.78 is 37.3. The topological polar surface area (TPSA) is 88.2 Å². The van der Waals surface area contributed by atoms with Crippen molar-refractivity contribution < 1.29 is 22.7 Å². The number of hydrogen-bond donors (Lipinski definition) is 1. The number of anilines is 1. The van der Waals surface area contributed by atoms with Gasteiger partial charge in [-0.15, -0.1) is 0 Å². The summed E-state index contributed by atoms with van der Waals surface area (Å²) in [6.07, 6.45) is 0.265. The van der Waals surface area contributed by atoms with Crippen LogP contribution in [-0.4, -0.2) is 77.5 Å². The lowest BCUT2D eigenvalue weighted by Crippen LogP contribution is -2.51. The molecule has 3 rings (SSSR count). The van der Waals surface area contributed by atoms with Gasteiger partial charge in [-0.1, -0.05) is 26.8 Å². The van der Waals surface area contributed by atoms with Gasteiger partial charge >= 0.3 is 0 Å². The first-order chi connectivity index (χ1) is 13.6. The van der Waals surface area contributed by atoms with Gasteiger partial charge < -0.3 is 14.8 Å². The second-order valence-corrected chi connectivity index (χ2v) is 10.5. The normalized spacial score (nSPS) is 20.7. The SMILES string of the molecule is CC(C)(C)c1ccc2c(c1)N(S(C)(=O)=O)CC(C(=O)NCCN1CCOCC1)O2. The van der Waals surface area contributed by atoms with Crippen LogP contribution < -0.4 is 14.4 Å². The van der Waals surface area contributed by atoms with Gasteiger partial charge in [0.25, 0.3) is 5.91 Å². The Bertz CT molecular complexity index is 844. The smallest absolute Gasteiger partial charge is 0.263 e. The van der Waals surface area contributed by atoms with Crippen molar-refractivity contribution in [2.24, 2.45) is 0 Å². The Morgan fingerprint density at radius 2 is 1.93 bits per heavy atom. The van der Waals surface area contributed by atoms with Crippen LogP contribution in [0.5, 0.6) is 5.75 Å². The fraction of sp³-hybridized carbons (Fsp3) is 0.650. The quantitative estimate of drug-likeness (QED) is 0.756. The third kappa shape index (κ3) is 5.40. The molecule has 0 radical (unpaired) electrons. The number of carbonyl (C=O) groups excluding carboxylic acids is 1. The molecule has 0 aliphatic carbocycles. The zero-order valence-electron chi connectivity index (χ0n) is 17.6. The van der Waals surface area contributed by atoms with Gasteiger partial charge in [-0.3, -0.25) is 14.0 Å². The Balaban J connectivity index is 1.71. The van der Waals surface area contributed by atoms with Gasteiger partial charge in [-0.05, 0) is 23.1 Å². The maximum Gasteiger partial charge on any atom is 0.263 e. The van der Waals surface area contributed by atoms with E-state index in [1.807, 2.05) is 12.1 Å². The molecule has 2 aliphatic rings. The van der Waals surface area contributed by atoms with E-state index in [9.17, 15) is 13.2 Å². The van der Waals surface area contributed by atoms with Crippen molar-refractivity contribution in [3.05, 3.63) is 23.8 Å². The summed E-state index contributed by atoms with van der Waals surface area (Å²) in [5, 5.41) is 2.87. The number of hydrogen-bond acceptors (Lipinski definition) is 6. The largest absolute Gasteiger partial charge is 0.476 e. The first-order valence-electron chi connectivity index (χ1n) is 9.92. The third-order valence-corrected chi connectivity index (χ3v) is 6.36. The van der Waals surface area contributed by atoms with Crippen LogP contribution in [0.3, 0.4) is 0 Å². The molecule has 1 unspecified atom stereocenters. The van der Waals surface area contributed by atoms with Crippen LogP contribution in [0.25, 0.3) is 0 Å². The Kier molecular flexibility index (Phi) is 6.40. The highest BCUT2D eigenvalue weighted by Crippen LogP contribution is 2.38. The second kappa shape index (κ2) is 8.49. The molecule has 1 fully saturated rings. The molecule has 162 valence electrons. The highest BCUT2D eigenvalue weighted by molar-refractivity contribution is 7.92. The minimum Gasteiger partial charge on any atom is -0.476 e. The Morgan fingerprint density at radius 1 is 1.24 bits per heavy atom. The summed E-state index contributed by atoms with van der Waals surface area (Å²) in [7, 11) is -3.55. The molecule has 1 N–H and O–H groups in total. The first kappa shape index (κ1) is 21.9. The molecule has 0 spiro atoms. The molecule has 1 amide bonds. The number of sulfonamides is 1. The number of amides is 1. The lowest BCUT2D eigenvalue weighted by Gasteiger charge is -2.35. The lowest BCUT2D eigenvalue weighted by atomic mass is 9.86. The average Bonchev–Trinajstić information content (AvgIpc) is 2.66. The van der Waals surface area contributed by atoms with Gasteiger partial charge in [-0.25, -0.2) is 8.42 Å². The molecule has 1 atom stereocenters. The Labute approximate surface area is 173 Å². The van der Waals surface area contributed by atoms with Gasteiger partial charge in [0.2, 0.25) is 10.0 Å². The summed E-state index contributed by atoms with van der Waals surface area (Å²) in [5.74, 6) is 0.0976. The van der Waals surface area contributed by atoms with E-state index in [0.29, 0.717) is 31.2 Å². The predicted molar refractivity (Wildman–Crippen MR) is 112 cm³/mol. The van der Waals surface area contributed by atoms with Crippen molar-refractivity contribution in [2.45, 2.75) is 32.3 Å².